The minimum absolute atomic E-state index is 0.170. The van der Waals surface area contributed by atoms with Crippen LogP contribution in [0.25, 0.3) is 0 Å². The van der Waals surface area contributed by atoms with Gasteiger partial charge in [0.15, 0.2) is 0 Å². The van der Waals surface area contributed by atoms with Crippen LogP contribution in [-0.4, -0.2) is 57.7 Å². The first kappa shape index (κ1) is 18.2. The van der Waals surface area contributed by atoms with Crippen LogP contribution in [0.1, 0.15) is 62.6 Å². The summed E-state index contributed by atoms with van der Waals surface area (Å²) in [6, 6.07) is 4.98. The van der Waals surface area contributed by atoms with E-state index in [2.05, 4.69) is 29.8 Å². The monoisotopic (exact) mass is 345 g/mol. The van der Waals surface area contributed by atoms with E-state index >= 15 is 0 Å². The normalized spacial score (nSPS) is 26.4. The summed E-state index contributed by atoms with van der Waals surface area (Å²) in [7, 11) is 0. The minimum atomic E-state index is -0.752. The molecule has 3 rings (SSSR count). The van der Waals surface area contributed by atoms with Crippen molar-refractivity contribution in [3.63, 3.8) is 0 Å². The van der Waals surface area contributed by atoms with Crippen LogP contribution in [0.3, 0.4) is 0 Å². The van der Waals surface area contributed by atoms with Gasteiger partial charge in [0.05, 0.1) is 0 Å². The molecule has 0 aromatic carbocycles. The Morgan fingerprint density at radius 2 is 2.04 bits per heavy atom. The molecule has 2 atom stereocenters. The van der Waals surface area contributed by atoms with Crippen molar-refractivity contribution in [3.8, 4) is 0 Å². The predicted octanol–water partition coefficient (Wildman–Crippen LogP) is 3.88. The molecular weight excluding hydrogens is 314 g/mol. The molecule has 0 bridgehead atoms. The van der Waals surface area contributed by atoms with Gasteiger partial charge in [0.25, 0.3) is 0 Å². The number of likely N-dealkylation sites (tertiary alicyclic amines) is 2. The zero-order valence-electron chi connectivity index (χ0n) is 15.5. The number of piperidine rings is 1. The summed E-state index contributed by atoms with van der Waals surface area (Å²) >= 11 is 0. The first-order valence-electron chi connectivity index (χ1n) is 9.75. The third-order valence-corrected chi connectivity index (χ3v) is 6.17. The Kier molecular flexibility index (Phi) is 5.94. The van der Waals surface area contributed by atoms with Gasteiger partial charge in [-0.3, -0.25) is 4.98 Å². The summed E-state index contributed by atoms with van der Waals surface area (Å²) in [4.78, 5) is 20.2. The van der Waals surface area contributed by atoms with E-state index in [4.69, 9.17) is 0 Å². The fourth-order valence-electron chi connectivity index (χ4n) is 4.71. The van der Waals surface area contributed by atoms with Gasteiger partial charge in [0.2, 0.25) is 0 Å². The van der Waals surface area contributed by atoms with Crippen molar-refractivity contribution in [3.05, 3.63) is 29.6 Å². The third kappa shape index (κ3) is 4.14. The maximum Gasteiger partial charge on any atom is 0.407 e. The second-order valence-electron chi connectivity index (χ2n) is 7.56. The summed E-state index contributed by atoms with van der Waals surface area (Å²) < 4.78 is 0. The summed E-state index contributed by atoms with van der Waals surface area (Å²) in [5.41, 5.74) is 2.57. The van der Waals surface area contributed by atoms with Gasteiger partial charge in [0.1, 0.15) is 0 Å². The van der Waals surface area contributed by atoms with Crippen LogP contribution < -0.4 is 0 Å². The molecule has 2 aliphatic heterocycles. The number of pyridine rings is 1. The van der Waals surface area contributed by atoms with Crippen LogP contribution in [0.5, 0.6) is 0 Å². The minimum Gasteiger partial charge on any atom is -0.465 e. The Bertz CT molecular complexity index is 584. The SMILES string of the molecule is CCC1CC(N2CCC(c3cccnc3C)CC2)CCCN1C(=O)O. The number of carbonyl (C=O) groups is 1. The molecule has 2 fully saturated rings. The maximum absolute atomic E-state index is 11.5. The number of aryl methyl sites for hydroxylation is 1. The number of hydrogen-bond donors (Lipinski definition) is 1. The van der Waals surface area contributed by atoms with E-state index < -0.39 is 6.09 Å². The van der Waals surface area contributed by atoms with E-state index in [1.165, 1.54) is 24.1 Å². The van der Waals surface area contributed by atoms with Crippen molar-refractivity contribution in [1.82, 2.24) is 14.8 Å². The molecule has 1 aromatic rings. The fourth-order valence-corrected chi connectivity index (χ4v) is 4.71. The number of nitrogens with zero attached hydrogens (tertiary/aromatic N) is 3. The molecule has 5 nitrogen and oxygen atoms in total. The Morgan fingerprint density at radius 3 is 2.68 bits per heavy atom. The van der Waals surface area contributed by atoms with Gasteiger partial charge in [-0.2, -0.15) is 0 Å². The first-order valence-corrected chi connectivity index (χ1v) is 9.75. The van der Waals surface area contributed by atoms with Gasteiger partial charge in [-0.25, -0.2) is 4.79 Å². The van der Waals surface area contributed by atoms with E-state index in [-0.39, 0.29) is 6.04 Å². The van der Waals surface area contributed by atoms with Gasteiger partial charge in [-0.05, 0) is 76.1 Å². The Balaban J connectivity index is 1.61. The second kappa shape index (κ2) is 8.17. The molecule has 0 saturated carbocycles. The lowest BCUT2D eigenvalue weighted by Crippen LogP contribution is -2.44. The van der Waals surface area contributed by atoms with Gasteiger partial charge in [0, 0.05) is 30.5 Å². The quantitative estimate of drug-likeness (QED) is 0.903. The van der Waals surface area contributed by atoms with Crippen LogP contribution in [0.2, 0.25) is 0 Å². The van der Waals surface area contributed by atoms with Gasteiger partial charge >= 0.3 is 6.09 Å². The highest BCUT2D eigenvalue weighted by molar-refractivity contribution is 5.65. The fraction of sp³-hybridized carbons (Fsp3) is 0.700. The van der Waals surface area contributed by atoms with Crippen LogP contribution in [0, 0.1) is 6.92 Å². The average Bonchev–Trinajstić information content (AvgIpc) is 2.85. The van der Waals surface area contributed by atoms with E-state index in [0.29, 0.717) is 18.5 Å². The molecule has 2 unspecified atom stereocenters. The molecule has 0 radical (unpaired) electrons. The van der Waals surface area contributed by atoms with Crippen molar-refractivity contribution in [2.45, 2.75) is 70.4 Å². The maximum atomic E-state index is 11.5. The van der Waals surface area contributed by atoms with Crippen LogP contribution in [0.15, 0.2) is 18.3 Å². The van der Waals surface area contributed by atoms with E-state index in [0.717, 1.165) is 38.8 Å². The lowest BCUT2D eigenvalue weighted by molar-refractivity contribution is 0.106. The van der Waals surface area contributed by atoms with E-state index in [9.17, 15) is 9.90 Å². The summed E-state index contributed by atoms with van der Waals surface area (Å²) in [5.74, 6) is 0.619. The lowest BCUT2D eigenvalue weighted by atomic mass is 9.87. The molecule has 2 saturated heterocycles. The van der Waals surface area contributed by atoms with Crippen LogP contribution in [0.4, 0.5) is 4.79 Å². The third-order valence-electron chi connectivity index (χ3n) is 6.17. The highest BCUT2D eigenvalue weighted by Crippen LogP contribution is 2.32. The first-order chi connectivity index (χ1) is 12.1. The van der Waals surface area contributed by atoms with Crippen molar-refractivity contribution >= 4 is 6.09 Å². The van der Waals surface area contributed by atoms with Crippen molar-refractivity contribution in [2.24, 2.45) is 0 Å². The number of amides is 1. The molecule has 138 valence electrons. The Hall–Kier alpha value is -1.62. The lowest BCUT2D eigenvalue weighted by Gasteiger charge is -2.39. The molecule has 3 heterocycles. The predicted molar refractivity (Wildman–Crippen MR) is 99.0 cm³/mol. The smallest absolute Gasteiger partial charge is 0.407 e. The number of rotatable bonds is 3. The molecule has 2 aliphatic rings. The number of carboxylic acid groups (broad SMARTS) is 1. The summed E-state index contributed by atoms with van der Waals surface area (Å²) in [6.45, 7) is 7.15. The summed E-state index contributed by atoms with van der Waals surface area (Å²) in [5, 5.41) is 9.45. The Labute approximate surface area is 151 Å². The topological polar surface area (TPSA) is 56.7 Å². The molecule has 1 amide bonds. The van der Waals surface area contributed by atoms with Crippen molar-refractivity contribution < 1.29 is 9.90 Å². The number of aromatic nitrogens is 1. The molecular formula is C20H31N3O2. The molecule has 1 N–H and O–H groups in total. The largest absolute Gasteiger partial charge is 0.465 e. The Morgan fingerprint density at radius 1 is 1.28 bits per heavy atom. The molecule has 5 heteroatoms. The van der Waals surface area contributed by atoms with Gasteiger partial charge < -0.3 is 14.9 Å². The highest BCUT2D eigenvalue weighted by Gasteiger charge is 2.33. The van der Waals surface area contributed by atoms with Gasteiger partial charge in [-0.1, -0.05) is 13.0 Å². The second-order valence-corrected chi connectivity index (χ2v) is 7.56. The summed E-state index contributed by atoms with van der Waals surface area (Å²) in [6.07, 6.45) is 7.49. The van der Waals surface area contributed by atoms with Crippen molar-refractivity contribution in [1.29, 1.82) is 0 Å². The van der Waals surface area contributed by atoms with Crippen LogP contribution >= 0.6 is 0 Å². The molecule has 1 aromatic heterocycles. The van der Waals surface area contributed by atoms with Crippen LogP contribution in [-0.2, 0) is 0 Å². The zero-order valence-corrected chi connectivity index (χ0v) is 15.5. The molecule has 25 heavy (non-hydrogen) atoms. The standard InChI is InChI=1S/C20H31N3O2/c1-3-17-14-18(6-5-11-23(17)20(24)25)22-12-8-16(9-13-22)19-7-4-10-21-15(19)2/h4,7,10,16-18H,3,5-6,8-9,11-14H2,1-2H3,(H,24,25). The van der Waals surface area contributed by atoms with Crippen molar-refractivity contribution in [2.75, 3.05) is 19.6 Å². The highest BCUT2D eigenvalue weighted by atomic mass is 16.4. The molecule has 0 spiro atoms. The average molecular weight is 345 g/mol. The number of hydrogen-bond acceptors (Lipinski definition) is 3. The van der Waals surface area contributed by atoms with E-state index in [1.807, 2.05) is 12.3 Å². The van der Waals surface area contributed by atoms with E-state index in [1.54, 1.807) is 4.90 Å². The molecule has 0 aliphatic carbocycles. The van der Waals surface area contributed by atoms with Gasteiger partial charge in [-0.15, -0.1) is 0 Å². The zero-order chi connectivity index (χ0) is 17.8.